The number of methoxy groups -OCH3 is 2. The Kier molecular flexibility index (Phi) is 9.10. The number of likely N-dealkylation sites (tertiary alicyclic amines) is 1. The van der Waals surface area contributed by atoms with E-state index < -0.39 is 5.60 Å². The molecule has 5 rings (SSSR count). The molecular formula is C33H40ClN5O5. The molecule has 2 aromatic carbocycles. The van der Waals surface area contributed by atoms with Gasteiger partial charge in [0.1, 0.15) is 22.9 Å². The first-order valence-corrected chi connectivity index (χ1v) is 15.1. The first-order chi connectivity index (χ1) is 21.0. The van der Waals surface area contributed by atoms with Crippen molar-refractivity contribution in [1.82, 2.24) is 9.88 Å². The molecule has 3 amide bonds. The number of carbonyl (C=O) groups is 2. The minimum atomic E-state index is -0.574. The van der Waals surface area contributed by atoms with Gasteiger partial charge < -0.3 is 24.4 Å². The maximum Gasteiger partial charge on any atom is 0.410 e. The van der Waals surface area contributed by atoms with Crippen molar-refractivity contribution in [2.75, 3.05) is 42.4 Å². The number of hydrogen-bond acceptors (Lipinski definition) is 7. The summed E-state index contributed by atoms with van der Waals surface area (Å²) in [5.74, 6) is 2.05. The molecule has 234 valence electrons. The van der Waals surface area contributed by atoms with Crippen molar-refractivity contribution in [3.05, 3.63) is 70.4 Å². The van der Waals surface area contributed by atoms with Crippen molar-refractivity contribution in [2.24, 2.45) is 0 Å². The second kappa shape index (κ2) is 12.8. The molecule has 0 saturated carbocycles. The first kappa shape index (κ1) is 31.3. The largest absolute Gasteiger partial charge is 0.497 e. The van der Waals surface area contributed by atoms with Crippen LogP contribution in [-0.4, -0.2) is 61.0 Å². The van der Waals surface area contributed by atoms with Gasteiger partial charge in [-0.3, -0.25) is 9.80 Å². The summed E-state index contributed by atoms with van der Waals surface area (Å²) < 4.78 is 16.5. The zero-order chi connectivity index (χ0) is 31.6. The topological polar surface area (TPSA) is 96.5 Å². The zero-order valence-electron chi connectivity index (χ0n) is 26.1. The number of urea groups is 1. The number of hydrogen-bond donors (Lipinski definition) is 1. The van der Waals surface area contributed by atoms with E-state index in [1.54, 1.807) is 30.1 Å². The van der Waals surface area contributed by atoms with Crippen LogP contribution >= 0.6 is 11.6 Å². The van der Waals surface area contributed by atoms with Gasteiger partial charge in [0.15, 0.2) is 0 Å². The number of amides is 3. The molecule has 0 spiro atoms. The van der Waals surface area contributed by atoms with Crippen molar-refractivity contribution < 1.29 is 23.8 Å². The molecule has 3 aromatic rings. The van der Waals surface area contributed by atoms with Gasteiger partial charge in [0.05, 0.1) is 37.2 Å². The molecule has 1 fully saturated rings. The average Bonchev–Trinajstić information content (AvgIpc) is 2.99. The molecule has 2 aliphatic heterocycles. The van der Waals surface area contributed by atoms with Gasteiger partial charge in [-0.2, -0.15) is 0 Å². The highest BCUT2D eigenvalue weighted by molar-refractivity contribution is 6.34. The molecule has 3 heterocycles. The van der Waals surface area contributed by atoms with Gasteiger partial charge in [-0.1, -0.05) is 23.7 Å². The van der Waals surface area contributed by atoms with E-state index in [0.29, 0.717) is 67.0 Å². The third-order valence-corrected chi connectivity index (χ3v) is 8.19. The lowest BCUT2D eigenvalue weighted by Gasteiger charge is -2.44. The number of piperidine rings is 1. The number of ether oxygens (including phenoxy) is 3. The summed E-state index contributed by atoms with van der Waals surface area (Å²) in [5, 5.41) is 3.91. The fourth-order valence-electron chi connectivity index (χ4n) is 5.70. The summed E-state index contributed by atoms with van der Waals surface area (Å²) >= 11 is 6.65. The van der Waals surface area contributed by atoms with Crippen LogP contribution in [0.5, 0.6) is 11.5 Å². The van der Waals surface area contributed by atoms with Crippen LogP contribution in [0.15, 0.2) is 48.7 Å². The second-order valence-electron chi connectivity index (χ2n) is 12.1. The van der Waals surface area contributed by atoms with Crippen LogP contribution in [0.1, 0.15) is 50.3 Å². The Morgan fingerprint density at radius 3 is 2.50 bits per heavy atom. The lowest BCUT2D eigenvalue weighted by Crippen LogP contribution is -2.55. The average molecular weight is 622 g/mol. The number of aryl methyl sites for hydroxylation is 1. The minimum absolute atomic E-state index is 0.137. The van der Waals surface area contributed by atoms with E-state index in [2.05, 4.69) is 5.32 Å². The second-order valence-corrected chi connectivity index (χ2v) is 12.5. The fourth-order valence-corrected chi connectivity index (χ4v) is 6.02. The maximum absolute atomic E-state index is 14.3. The fraction of sp³-hybridized carbons (Fsp3) is 0.424. The van der Waals surface area contributed by atoms with Crippen LogP contribution < -0.4 is 24.6 Å². The number of fused-ring (bicyclic) bond motifs is 1. The molecule has 10 nitrogen and oxygen atoms in total. The van der Waals surface area contributed by atoms with E-state index in [1.807, 2.05) is 75.2 Å². The van der Waals surface area contributed by atoms with Crippen LogP contribution in [0.2, 0.25) is 5.02 Å². The molecule has 44 heavy (non-hydrogen) atoms. The maximum atomic E-state index is 14.3. The predicted octanol–water partition coefficient (Wildman–Crippen LogP) is 7.02. The number of aromatic nitrogens is 1. The number of para-hydroxylation sites is 1. The Balaban J connectivity index is 1.44. The highest BCUT2D eigenvalue weighted by Gasteiger charge is 2.39. The molecule has 0 radical (unpaired) electrons. The molecular weight excluding hydrogens is 582 g/mol. The summed E-state index contributed by atoms with van der Waals surface area (Å²) in [6.45, 7) is 9.29. The summed E-state index contributed by atoms with van der Waals surface area (Å²) in [4.78, 5) is 37.1. The first-order valence-electron chi connectivity index (χ1n) is 14.8. The molecule has 2 aliphatic rings. The minimum Gasteiger partial charge on any atom is -0.497 e. The van der Waals surface area contributed by atoms with E-state index in [9.17, 15) is 9.59 Å². The monoisotopic (exact) mass is 621 g/mol. The highest BCUT2D eigenvalue weighted by Crippen LogP contribution is 2.40. The lowest BCUT2D eigenvalue weighted by molar-refractivity contribution is 0.0206. The van der Waals surface area contributed by atoms with Gasteiger partial charge in [0, 0.05) is 55.1 Å². The van der Waals surface area contributed by atoms with Crippen molar-refractivity contribution in [1.29, 1.82) is 0 Å². The van der Waals surface area contributed by atoms with E-state index in [0.717, 1.165) is 22.4 Å². The van der Waals surface area contributed by atoms with Crippen LogP contribution in [0.25, 0.3) is 0 Å². The number of nitrogens with zero attached hydrogens (tertiary/aromatic N) is 4. The molecule has 1 saturated heterocycles. The molecule has 0 aliphatic carbocycles. The summed E-state index contributed by atoms with van der Waals surface area (Å²) in [6.07, 6.45) is 2.69. The van der Waals surface area contributed by atoms with E-state index >= 15 is 0 Å². The van der Waals surface area contributed by atoms with Crippen molar-refractivity contribution in [3.63, 3.8) is 0 Å². The highest BCUT2D eigenvalue weighted by atomic mass is 35.5. The third-order valence-electron chi connectivity index (χ3n) is 7.88. The number of rotatable bonds is 7. The molecule has 0 unspecified atom stereocenters. The zero-order valence-corrected chi connectivity index (χ0v) is 26.9. The van der Waals surface area contributed by atoms with Gasteiger partial charge in [0.2, 0.25) is 0 Å². The van der Waals surface area contributed by atoms with Gasteiger partial charge in [-0.05, 0) is 64.3 Å². The number of carbonyl (C=O) groups excluding carboxylic acids is 2. The van der Waals surface area contributed by atoms with E-state index in [1.165, 1.54) is 0 Å². The van der Waals surface area contributed by atoms with Crippen molar-refractivity contribution >= 4 is 40.9 Å². The van der Waals surface area contributed by atoms with E-state index in [4.69, 9.17) is 30.8 Å². The van der Waals surface area contributed by atoms with Crippen LogP contribution in [0.3, 0.4) is 0 Å². The molecule has 1 aromatic heterocycles. The van der Waals surface area contributed by atoms with Crippen LogP contribution in [0, 0.1) is 6.92 Å². The smallest absolute Gasteiger partial charge is 0.410 e. The molecule has 0 atom stereocenters. The normalized spacial score (nSPS) is 15.6. The SMILES string of the molecule is COc1ccc(CNc2cc3c(cn2)CN(c2c(C)cccc2Cl)C(=O)N3C2CCN(C(=O)OC(C)(C)C)CC2)c(OC)c1. The Bertz CT molecular complexity index is 1510. The Hall–Kier alpha value is -4.18. The van der Waals surface area contributed by atoms with Gasteiger partial charge in [-0.15, -0.1) is 0 Å². The number of halogens is 1. The molecule has 0 bridgehead atoms. The summed E-state index contributed by atoms with van der Waals surface area (Å²) in [7, 11) is 3.24. The Morgan fingerprint density at radius 2 is 1.84 bits per heavy atom. The van der Waals surface area contributed by atoms with Crippen molar-refractivity contribution in [3.8, 4) is 11.5 Å². The Labute approximate surface area is 263 Å². The standard InChI is InChI=1S/C33H40ClN5O5/c1-21-8-7-9-26(34)30(21)38-20-23-19-36-29(35-18-22-10-11-25(42-5)16-28(22)43-6)17-27(23)39(31(38)40)24-12-14-37(15-13-24)32(41)44-33(2,3)4/h7-11,16-17,19,24H,12-15,18,20H2,1-6H3,(H,35,36). The number of nitrogens with one attached hydrogen (secondary N) is 1. The summed E-state index contributed by atoms with van der Waals surface area (Å²) in [5.41, 5.74) is 3.67. The quantitative estimate of drug-likeness (QED) is 0.303. The van der Waals surface area contributed by atoms with E-state index in [-0.39, 0.29) is 18.2 Å². The predicted molar refractivity (Wildman–Crippen MR) is 172 cm³/mol. The van der Waals surface area contributed by atoms with Crippen LogP contribution in [0.4, 0.5) is 26.8 Å². The molecule has 1 N–H and O–H groups in total. The number of benzene rings is 2. The number of pyridine rings is 1. The van der Waals surface area contributed by atoms with Crippen LogP contribution in [-0.2, 0) is 17.8 Å². The number of anilines is 3. The summed E-state index contributed by atoms with van der Waals surface area (Å²) in [6, 6.07) is 12.9. The molecule has 11 heteroatoms. The van der Waals surface area contributed by atoms with Gasteiger partial charge in [0.25, 0.3) is 0 Å². The van der Waals surface area contributed by atoms with Crippen molar-refractivity contribution in [2.45, 2.75) is 65.3 Å². The Morgan fingerprint density at radius 1 is 1.09 bits per heavy atom. The van der Waals surface area contributed by atoms with Gasteiger partial charge >= 0.3 is 12.1 Å². The third kappa shape index (κ3) is 6.65. The lowest BCUT2D eigenvalue weighted by atomic mass is 10.00. The van der Waals surface area contributed by atoms with Gasteiger partial charge in [-0.25, -0.2) is 14.6 Å².